The van der Waals surface area contributed by atoms with Crippen LogP contribution in [0.1, 0.15) is 57.2 Å². The fourth-order valence-corrected chi connectivity index (χ4v) is 3.47. The second-order valence-electron chi connectivity index (χ2n) is 7.36. The van der Waals surface area contributed by atoms with Gasteiger partial charge in [0.15, 0.2) is 5.82 Å². The molecule has 4 rings (SSSR count). The second-order valence-corrected chi connectivity index (χ2v) is 7.36. The molecule has 7 heteroatoms. The number of fused-ring (bicyclic) bond motifs is 1. The second kappa shape index (κ2) is 8.56. The molecule has 0 unspecified atom stereocenters. The molecule has 25 heavy (non-hydrogen) atoms. The number of piperidine rings is 1. The van der Waals surface area contributed by atoms with Crippen molar-refractivity contribution in [2.24, 2.45) is 5.92 Å². The zero-order valence-corrected chi connectivity index (χ0v) is 16.6. The van der Waals surface area contributed by atoms with Gasteiger partial charge in [-0.15, -0.1) is 24.8 Å². The van der Waals surface area contributed by atoms with E-state index in [1.807, 2.05) is 6.33 Å². The molecule has 1 aliphatic heterocycles. The molecule has 0 atom stereocenters. The Labute approximate surface area is 162 Å². The van der Waals surface area contributed by atoms with Crippen LogP contribution in [0.4, 0.5) is 5.82 Å². The van der Waals surface area contributed by atoms with Gasteiger partial charge < -0.3 is 15.2 Å². The highest BCUT2D eigenvalue weighted by Gasteiger charge is 2.23. The summed E-state index contributed by atoms with van der Waals surface area (Å²) < 4.78 is 2.27. The monoisotopic (exact) mass is 385 g/mol. The van der Waals surface area contributed by atoms with Crippen molar-refractivity contribution >= 4 is 41.7 Å². The molecule has 2 aliphatic rings. The first-order valence-corrected chi connectivity index (χ1v) is 9.04. The first-order chi connectivity index (χ1) is 11.2. The Morgan fingerprint density at radius 1 is 1.20 bits per heavy atom. The van der Waals surface area contributed by atoms with E-state index in [1.54, 1.807) is 0 Å². The van der Waals surface area contributed by atoms with Gasteiger partial charge in [-0.25, -0.2) is 9.97 Å². The van der Waals surface area contributed by atoms with E-state index in [1.165, 1.54) is 36.9 Å². The van der Waals surface area contributed by atoms with Gasteiger partial charge in [0, 0.05) is 24.2 Å². The summed E-state index contributed by atoms with van der Waals surface area (Å²) >= 11 is 0. The van der Waals surface area contributed by atoms with Crippen molar-refractivity contribution in [1.82, 2.24) is 19.9 Å². The molecule has 2 fully saturated rings. The maximum Gasteiger partial charge on any atom is 0.154 e. The van der Waals surface area contributed by atoms with Crippen molar-refractivity contribution in [2.75, 3.05) is 25.0 Å². The van der Waals surface area contributed by atoms with E-state index in [2.05, 4.69) is 40.1 Å². The summed E-state index contributed by atoms with van der Waals surface area (Å²) in [4.78, 5) is 9.63. The first-order valence-electron chi connectivity index (χ1n) is 9.04. The molecule has 2 aromatic rings. The van der Waals surface area contributed by atoms with Gasteiger partial charge in [-0.05, 0) is 64.6 Å². The van der Waals surface area contributed by atoms with Gasteiger partial charge in [0.25, 0.3) is 0 Å². The van der Waals surface area contributed by atoms with Crippen molar-refractivity contribution in [2.45, 2.75) is 51.5 Å². The number of anilines is 1. The quantitative estimate of drug-likeness (QED) is 0.811. The molecule has 1 saturated heterocycles. The largest absolute Gasteiger partial charge is 0.368 e. The van der Waals surface area contributed by atoms with Gasteiger partial charge in [0.2, 0.25) is 0 Å². The molecule has 5 nitrogen and oxygen atoms in total. The van der Waals surface area contributed by atoms with Crippen LogP contribution in [0.3, 0.4) is 0 Å². The highest BCUT2D eigenvalue weighted by molar-refractivity contribution is 5.86. The van der Waals surface area contributed by atoms with Gasteiger partial charge in [-0.1, -0.05) is 0 Å². The Balaban J connectivity index is 0.00000113. The third-order valence-corrected chi connectivity index (χ3v) is 5.15. The van der Waals surface area contributed by atoms with E-state index >= 15 is 0 Å². The Hall–Kier alpha value is -1.04. The maximum absolute atomic E-state index is 4.98. The Kier molecular flexibility index (Phi) is 6.94. The summed E-state index contributed by atoms with van der Waals surface area (Å²) in [5.41, 5.74) is 3.48. The summed E-state index contributed by atoms with van der Waals surface area (Å²) in [5.74, 6) is 2.39. The topological polar surface area (TPSA) is 54.8 Å². The number of hydrogen-bond acceptors (Lipinski definition) is 4. The van der Waals surface area contributed by atoms with E-state index in [0.29, 0.717) is 12.0 Å². The third kappa shape index (κ3) is 4.39. The minimum absolute atomic E-state index is 0. The molecule has 0 radical (unpaired) electrons. The molecule has 1 aliphatic carbocycles. The standard InChI is InChI=1S/C18H27N5.2ClH/c1-12(2)23-11-21-17-16(23)9-15(14-5-7-19-8-6-14)22-18(17)20-10-13-3-4-13;;/h9,11-14,19H,3-8,10H2,1-2H3,(H,20,22);2*1H. The predicted molar refractivity (Wildman–Crippen MR) is 108 cm³/mol. The zero-order valence-electron chi connectivity index (χ0n) is 15.0. The fraction of sp³-hybridized carbons (Fsp3) is 0.667. The molecule has 2 N–H and O–H groups in total. The lowest BCUT2D eigenvalue weighted by atomic mass is 9.94. The van der Waals surface area contributed by atoms with Gasteiger partial charge in [-0.3, -0.25) is 0 Å². The fourth-order valence-electron chi connectivity index (χ4n) is 3.47. The van der Waals surface area contributed by atoms with E-state index in [0.717, 1.165) is 36.9 Å². The van der Waals surface area contributed by atoms with Crippen LogP contribution >= 0.6 is 24.8 Å². The number of aromatic nitrogens is 3. The lowest BCUT2D eigenvalue weighted by molar-refractivity contribution is 0.453. The summed E-state index contributed by atoms with van der Waals surface area (Å²) in [5, 5.41) is 7.03. The average molecular weight is 386 g/mol. The molecular weight excluding hydrogens is 357 g/mol. The Bertz CT molecular complexity index is 690. The summed E-state index contributed by atoms with van der Waals surface area (Å²) in [6.45, 7) is 7.65. The Morgan fingerprint density at radius 3 is 2.56 bits per heavy atom. The molecular formula is C18H29Cl2N5. The smallest absolute Gasteiger partial charge is 0.154 e. The molecule has 0 bridgehead atoms. The van der Waals surface area contributed by atoms with Crippen LogP contribution in [0.5, 0.6) is 0 Å². The lowest BCUT2D eigenvalue weighted by Crippen LogP contribution is -2.27. The summed E-state index contributed by atoms with van der Waals surface area (Å²) in [6, 6.07) is 2.69. The first kappa shape index (κ1) is 20.3. The average Bonchev–Trinajstić information content (AvgIpc) is 3.29. The number of hydrogen-bond donors (Lipinski definition) is 2. The highest BCUT2D eigenvalue weighted by atomic mass is 35.5. The molecule has 0 aromatic carbocycles. The molecule has 140 valence electrons. The zero-order chi connectivity index (χ0) is 15.8. The highest BCUT2D eigenvalue weighted by Crippen LogP contribution is 2.33. The van der Waals surface area contributed by atoms with E-state index in [4.69, 9.17) is 4.98 Å². The van der Waals surface area contributed by atoms with Crippen molar-refractivity contribution in [3.05, 3.63) is 18.1 Å². The van der Waals surface area contributed by atoms with E-state index in [9.17, 15) is 0 Å². The number of rotatable bonds is 5. The number of halogens is 2. The maximum atomic E-state index is 4.98. The molecule has 1 saturated carbocycles. The van der Waals surface area contributed by atoms with Crippen molar-refractivity contribution < 1.29 is 0 Å². The van der Waals surface area contributed by atoms with Crippen LogP contribution in [0.2, 0.25) is 0 Å². The van der Waals surface area contributed by atoms with Gasteiger partial charge in [-0.2, -0.15) is 0 Å². The van der Waals surface area contributed by atoms with Crippen LogP contribution in [0, 0.1) is 5.92 Å². The number of nitrogens with one attached hydrogen (secondary N) is 2. The van der Waals surface area contributed by atoms with Crippen LogP contribution in [-0.2, 0) is 0 Å². The minimum Gasteiger partial charge on any atom is -0.368 e. The van der Waals surface area contributed by atoms with Crippen LogP contribution in [0.15, 0.2) is 12.4 Å². The summed E-state index contributed by atoms with van der Waals surface area (Å²) in [7, 11) is 0. The van der Waals surface area contributed by atoms with E-state index in [-0.39, 0.29) is 24.8 Å². The summed E-state index contributed by atoms with van der Waals surface area (Å²) in [6.07, 6.45) is 7.02. The van der Waals surface area contributed by atoms with Crippen LogP contribution in [-0.4, -0.2) is 34.2 Å². The third-order valence-electron chi connectivity index (χ3n) is 5.15. The SMILES string of the molecule is CC(C)n1cnc2c(NCC3CC3)nc(C3CCNCC3)cc21.Cl.Cl. The van der Waals surface area contributed by atoms with Crippen molar-refractivity contribution in [1.29, 1.82) is 0 Å². The Morgan fingerprint density at radius 2 is 1.92 bits per heavy atom. The normalized spacial score (nSPS) is 18.0. The van der Waals surface area contributed by atoms with E-state index < -0.39 is 0 Å². The number of imidazole rings is 1. The molecule has 0 spiro atoms. The van der Waals surface area contributed by atoms with Gasteiger partial charge >= 0.3 is 0 Å². The predicted octanol–water partition coefficient (Wildman–Crippen LogP) is 4.14. The van der Waals surface area contributed by atoms with Gasteiger partial charge in [0.1, 0.15) is 5.52 Å². The molecule has 2 aromatic heterocycles. The number of pyridine rings is 1. The minimum atomic E-state index is 0. The lowest BCUT2D eigenvalue weighted by Gasteiger charge is -2.23. The number of nitrogens with zero attached hydrogens (tertiary/aromatic N) is 3. The van der Waals surface area contributed by atoms with Gasteiger partial charge in [0.05, 0.1) is 11.8 Å². The van der Waals surface area contributed by atoms with Crippen LogP contribution < -0.4 is 10.6 Å². The van der Waals surface area contributed by atoms with Crippen LogP contribution in [0.25, 0.3) is 11.0 Å². The van der Waals surface area contributed by atoms with Crippen molar-refractivity contribution in [3.63, 3.8) is 0 Å². The molecule has 0 amide bonds. The van der Waals surface area contributed by atoms with Crippen molar-refractivity contribution in [3.8, 4) is 0 Å². The molecule has 3 heterocycles.